The van der Waals surface area contributed by atoms with Crippen molar-refractivity contribution in [3.63, 3.8) is 0 Å². The zero-order chi connectivity index (χ0) is 22.8. The summed E-state index contributed by atoms with van der Waals surface area (Å²) in [6.07, 6.45) is 6.20. The highest BCUT2D eigenvalue weighted by atomic mass is 19.1. The third-order valence-corrected chi connectivity index (χ3v) is 5.81. The summed E-state index contributed by atoms with van der Waals surface area (Å²) < 4.78 is 13.0. The molecule has 0 saturated heterocycles. The molecule has 1 fully saturated rings. The lowest BCUT2D eigenvalue weighted by Crippen LogP contribution is -2.48. The number of carbonyl (C=O) groups excluding carboxylic acids is 2. The Kier molecular flexibility index (Phi) is 8.61. The first-order valence-corrected chi connectivity index (χ1v) is 11.1. The van der Waals surface area contributed by atoms with Crippen LogP contribution in [0.25, 0.3) is 0 Å². The molecular weight excluding hydrogens is 407 g/mol. The maximum Gasteiger partial charge on any atom is 0.253 e. The molecule has 3 N–H and O–H groups in total. The molecule has 0 aliphatic heterocycles. The van der Waals surface area contributed by atoms with Crippen molar-refractivity contribution in [2.45, 2.75) is 44.6 Å². The Balaban J connectivity index is 1.59. The Labute approximate surface area is 188 Å². The molecular formula is C25H29FN4O2. The number of hydrogen-bond donors (Lipinski definition) is 3. The van der Waals surface area contributed by atoms with Crippen molar-refractivity contribution >= 4 is 17.5 Å². The number of halogens is 1. The quantitative estimate of drug-likeness (QED) is 0.518. The average Bonchev–Trinajstić information content (AvgIpc) is 2.83. The summed E-state index contributed by atoms with van der Waals surface area (Å²) >= 11 is 0. The van der Waals surface area contributed by atoms with E-state index < -0.39 is 11.9 Å². The monoisotopic (exact) mass is 436 g/mol. The first-order chi connectivity index (χ1) is 15.6. The lowest BCUT2D eigenvalue weighted by Gasteiger charge is -2.27. The molecule has 7 heteroatoms. The van der Waals surface area contributed by atoms with Gasteiger partial charge in [0.05, 0.1) is 17.2 Å². The minimum atomic E-state index is -0.664. The van der Waals surface area contributed by atoms with Crippen LogP contribution >= 0.6 is 0 Å². The second kappa shape index (κ2) is 11.8. The van der Waals surface area contributed by atoms with Crippen molar-refractivity contribution < 1.29 is 14.0 Å². The van der Waals surface area contributed by atoms with E-state index in [9.17, 15) is 19.2 Å². The zero-order valence-electron chi connectivity index (χ0n) is 18.1. The summed E-state index contributed by atoms with van der Waals surface area (Å²) in [4.78, 5) is 25.8. The van der Waals surface area contributed by atoms with Gasteiger partial charge < -0.3 is 16.0 Å². The molecule has 168 valence electrons. The molecule has 1 aliphatic carbocycles. The molecule has 1 atom stereocenters. The van der Waals surface area contributed by atoms with Crippen molar-refractivity contribution in [2.24, 2.45) is 5.92 Å². The number of rotatable bonds is 9. The Morgan fingerprint density at radius 1 is 1.03 bits per heavy atom. The fourth-order valence-corrected chi connectivity index (χ4v) is 4.09. The summed E-state index contributed by atoms with van der Waals surface area (Å²) in [6, 6.07) is 14.0. The van der Waals surface area contributed by atoms with Crippen LogP contribution in [0.4, 0.5) is 10.1 Å². The lowest BCUT2D eigenvalue weighted by molar-refractivity contribution is -0.123. The van der Waals surface area contributed by atoms with Crippen LogP contribution < -0.4 is 16.0 Å². The Morgan fingerprint density at radius 3 is 2.47 bits per heavy atom. The number of carbonyl (C=O) groups is 2. The minimum absolute atomic E-state index is 0.237. The van der Waals surface area contributed by atoms with E-state index in [4.69, 9.17) is 0 Å². The number of hydrogen-bond acceptors (Lipinski definition) is 4. The molecule has 0 heterocycles. The van der Waals surface area contributed by atoms with E-state index in [0.717, 1.165) is 31.4 Å². The molecule has 2 amide bonds. The molecule has 32 heavy (non-hydrogen) atoms. The summed E-state index contributed by atoms with van der Waals surface area (Å²) in [5.41, 5.74) is 1.32. The van der Waals surface area contributed by atoms with Gasteiger partial charge in [-0.05, 0) is 48.7 Å². The van der Waals surface area contributed by atoms with E-state index in [2.05, 4.69) is 16.0 Å². The second-order valence-corrected chi connectivity index (χ2v) is 8.15. The summed E-state index contributed by atoms with van der Waals surface area (Å²) in [5, 5.41) is 18.2. The van der Waals surface area contributed by atoms with Crippen LogP contribution in [0.5, 0.6) is 0 Å². The lowest BCUT2D eigenvalue weighted by atomic mass is 9.84. The van der Waals surface area contributed by atoms with Crippen LogP contribution in [0.2, 0.25) is 0 Å². The van der Waals surface area contributed by atoms with Gasteiger partial charge in [-0.2, -0.15) is 5.26 Å². The van der Waals surface area contributed by atoms with Gasteiger partial charge in [-0.15, -0.1) is 0 Å². The highest BCUT2D eigenvalue weighted by molar-refractivity contribution is 5.99. The first kappa shape index (κ1) is 23.3. The van der Waals surface area contributed by atoms with Crippen molar-refractivity contribution in [2.75, 3.05) is 18.4 Å². The maximum absolute atomic E-state index is 13.0. The minimum Gasteiger partial charge on any atom is -0.383 e. The van der Waals surface area contributed by atoms with Crippen LogP contribution in [-0.2, 0) is 4.79 Å². The van der Waals surface area contributed by atoms with Gasteiger partial charge in [0.2, 0.25) is 5.91 Å². The Morgan fingerprint density at radius 2 is 1.75 bits per heavy atom. The van der Waals surface area contributed by atoms with Crippen LogP contribution in [0.15, 0.2) is 48.5 Å². The average molecular weight is 437 g/mol. The van der Waals surface area contributed by atoms with Gasteiger partial charge in [0.15, 0.2) is 0 Å². The van der Waals surface area contributed by atoms with Gasteiger partial charge in [-0.3, -0.25) is 9.59 Å². The first-order valence-electron chi connectivity index (χ1n) is 11.1. The molecule has 0 radical (unpaired) electrons. The van der Waals surface area contributed by atoms with E-state index in [1.165, 1.54) is 18.6 Å². The van der Waals surface area contributed by atoms with Crippen LogP contribution in [-0.4, -0.2) is 30.9 Å². The number of amides is 2. The molecule has 0 aromatic heterocycles. The van der Waals surface area contributed by atoms with Gasteiger partial charge in [-0.1, -0.05) is 44.2 Å². The smallest absolute Gasteiger partial charge is 0.253 e. The second-order valence-electron chi connectivity index (χ2n) is 8.15. The molecule has 1 aliphatic rings. The van der Waals surface area contributed by atoms with Crippen LogP contribution in [0, 0.1) is 23.1 Å². The normalized spacial score (nSPS) is 14.8. The van der Waals surface area contributed by atoms with Crippen molar-refractivity contribution in [3.8, 4) is 6.07 Å². The van der Waals surface area contributed by atoms with Gasteiger partial charge in [0.25, 0.3) is 5.91 Å². The molecule has 0 bridgehead atoms. The fraction of sp³-hybridized carbons (Fsp3) is 0.400. The fourth-order valence-electron chi connectivity index (χ4n) is 4.09. The van der Waals surface area contributed by atoms with Crippen LogP contribution in [0.3, 0.4) is 0 Å². The number of benzene rings is 2. The van der Waals surface area contributed by atoms with E-state index in [-0.39, 0.29) is 22.9 Å². The third kappa shape index (κ3) is 6.81. The van der Waals surface area contributed by atoms with Gasteiger partial charge in [-0.25, -0.2) is 4.39 Å². The van der Waals surface area contributed by atoms with E-state index in [1.807, 2.05) is 6.07 Å². The molecule has 6 nitrogen and oxygen atoms in total. The predicted molar refractivity (Wildman–Crippen MR) is 122 cm³/mol. The highest BCUT2D eigenvalue weighted by Gasteiger charge is 2.26. The summed E-state index contributed by atoms with van der Waals surface area (Å²) in [6.45, 7) is 0.834. The third-order valence-electron chi connectivity index (χ3n) is 5.81. The van der Waals surface area contributed by atoms with Gasteiger partial charge in [0.1, 0.15) is 11.9 Å². The van der Waals surface area contributed by atoms with Crippen molar-refractivity contribution in [3.05, 3.63) is 65.5 Å². The largest absolute Gasteiger partial charge is 0.383 e. The van der Waals surface area contributed by atoms with E-state index >= 15 is 0 Å². The molecule has 1 saturated carbocycles. The molecule has 2 aromatic carbocycles. The standard InChI is InChI=1S/C25H29FN4O2/c26-20-10-12-21(13-11-20)28-14-15-29-25(32)23(16-18-6-2-1-3-7-18)30-24(31)22-9-5-4-8-19(22)17-27/h4-5,8-13,18,23,28H,1-3,6-7,14-16H2,(H,29,32)(H,30,31)/t23-/m0/s1. The summed E-state index contributed by atoms with van der Waals surface area (Å²) in [5.74, 6) is -0.562. The van der Waals surface area contributed by atoms with E-state index in [0.29, 0.717) is 25.4 Å². The number of nitrogens with one attached hydrogen (secondary N) is 3. The van der Waals surface area contributed by atoms with Crippen LogP contribution in [0.1, 0.15) is 54.4 Å². The number of nitrogens with zero attached hydrogens (tertiary/aromatic N) is 1. The van der Waals surface area contributed by atoms with E-state index in [1.54, 1.807) is 36.4 Å². The number of nitriles is 1. The highest BCUT2D eigenvalue weighted by Crippen LogP contribution is 2.27. The van der Waals surface area contributed by atoms with Crippen molar-refractivity contribution in [1.82, 2.24) is 10.6 Å². The maximum atomic E-state index is 13.0. The topological polar surface area (TPSA) is 94.0 Å². The van der Waals surface area contributed by atoms with Gasteiger partial charge in [0, 0.05) is 18.8 Å². The molecule has 0 spiro atoms. The number of anilines is 1. The predicted octanol–water partition coefficient (Wildman–Crippen LogP) is 3.99. The molecule has 0 unspecified atom stereocenters. The Hall–Kier alpha value is -3.40. The SMILES string of the molecule is N#Cc1ccccc1C(=O)N[C@@H](CC1CCCCC1)C(=O)NCCNc1ccc(F)cc1. The zero-order valence-corrected chi connectivity index (χ0v) is 18.1. The van der Waals surface area contributed by atoms with Crippen molar-refractivity contribution in [1.29, 1.82) is 5.26 Å². The molecule has 3 rings (SSSR count). The van der Waals surface area contributed by atoms with Gasteiger partial charge >= 0.3 is 0 Å². The Bertz CT molecular complexity index is 949. The summed E-state index contributed by atoms with van der Waals surface area (Å²) in [7, 11) is 0. The molecule has 2 aromatic rings.